The quantitative estimate of drug-likeness (QED) is 0.758. The number of halogens is 3. The van der Waals surface area contributed by atoms with Crippen molar-refractivity contribution in [1.82, 2.24) is 10.6 Å². The first kappa shape index (κ1) is 17.3. The fourth-order valence-corrected chi connectivity index (χ4v) is 2.67. The van der Waals surface area contributed by atoms with Crippen molar-refractivity contribution in [3.05, 3.63) is 0 Å². The summed E-state index contributed by atoms with van der Waals surface area (Å²) in [5.41, 5.74) is -2.24. The van der Waals surface area contributed by atoms with Gasteiger partial charge in [0.25, 0.3) is 0 Å². The molecule has 3 nitrogen and oxygen atoms in total. The molecule has 2 unspecified atom stereocenters. The maximum absolute atomic E-state index is 13.3. The van der Waals surface area contributed by atoms with Crippen molar-refractivity contribution in [3.8, 4) is 0 Å². The lowest BCUT2D eigenvalue weighted by atomic mass is 9.84. The molecule has 1 heterocycles. The molecule has 6 heteroatoms. The summed E-state index contributed by atoms with van der Waals surface area (Å²) in [5, 5.41) is 5.31. The molecule has 0 radical (unpaired) electrons. The van der Waals surface area contributed by atoms with Crippen LogP contribution in [0, 0.1) is 5.41 Å². The molecule has 1 fully saturated rings. The number of rotatable bonds is 7. The van der Waals surface area contributed by atoms with Gasteiger partial charge in [-0.1, -0.05) is 33.1 Å². The van der Waals surface area contributed by atoms with Crippen LogP contribution in [0.1, 0.15) is 52.4 Å². The van der Waals surface area contributed by atoms with E-state index in [-0.39, 0.29) is 25.6 Å². The molecule has 0 spiro atoms. The Morgan fingerprint density at radius 3 is 2.45 bits per heavy atom. The zero-order valence-electron chi connectivity index (χ0n) is 12.3. The molecule has 20 heavy (non-hydrogen) atoms. The third-order valence-electron chi connectivity index (χ3n) is 4.01. The summed E-state index contributed by atoms with van der Waals surface area (Å²) in [7, 11) is 0. The molecule has 1 aliphatic rings. The predicted octanol–water partition coefficient (Wildman–Crippen LogP) is 3.00. The molecule has 0 aromatic carbocycles. The van der Waals surface area contributed by atoms with Gasteiger partial charge < -0.3 is 10.6 Å². The standard InChI is InChI=1S/C14H25F3N2O/c1-3-5-7-11(6-4-2)19-12(20)13(14(15,16)17)8-9-18-10-13/h11,18H,3-10H2,1-2H3,(H,19,20). The average molecular weight is 294 g/mol. The fourth-order valence-electron chi connectivity index (χ4n) is 2.67. The van der Waals surface area contributed by atoms with E-state index >= 15 is 0 Å². The van der Waals surface area contributed by atoms with Crippen LogP contribution < -0.4 is 10.6 Å². The van der Waals surface area contributed by atoms with E-state index in [0.29, 0.717) is 0 Å². The van der Waals surface area contributed by atoms with Gasteiger partial charge in [0.2, 0.25) is 5.91 Å². The van der Waals surface area contributed by atoms with Gasteiger partial charge in [-0.15, -0.1) is 0 Å². The maximum atomic E-state index is 13.3. The van der Waals surface area contributed by atoms with Crippen molar-refractivity contribution < 1.29 is 18.0 Å². The minimum Gasteiger partial charge on any atom is -0.353 e. The van der Waals surface area contributed by atoms with Crippen LogP contribution in [0.25, 0.3) is 0 Å². The molecule has 1 amide bonds. The fraction of sp³-hybridized carbons (Fsp3) is 0.929. The zero-order valence-corrected chi connectivity index (χ0v) is 12.3. The number of hydrogen-bond acceptors (Lipinski definition) is 2. The highest BCUT2D eigenvalue weighted by molar-refractivity contribution is 5.84. The van der Waals surface area contributed by atoms with Crippen molar-refractivity contribution in [3.63, 3.8) is 0 Å². The Bertz CT molecular complexity index is 312. The van der Waals surface area contributed by atoms with Crippen LogP contribution in [-0.2, 0) is 4.79 Å². The van der Waals surface area contributed by atoms with Crippen molar-refractivity contribution in [2.24, 2.45) is 5.41 Å². The van der Waals surface area contributed by atoms with Gasteiger partial charge in [0.1, 0.15) is 0 Å². The third-order valence-corrected chi connectivity index (χ3v) is 4.01. The summed E-state index contributed by atoms with van der Waals surface area (Å²) < 4.78 is 39.8. The summed E-state index contributed by atoms with van der Waals surface area (Å²) >= 11 is 0. The van der Waals surface area contributed by atoms with Crippen molar-refractivity contribution in [2.45, 2.75) is 64.6 Å². The lowest BCUT2D eigenvalue weighted by Crippen LogP contribution is -2.54. The highest BCUT2D eigenvalue weighted by atomic mass is 19.4. The lowest BCUT2D eigenvalue weighted by molar-refractivity contribution is -0.216. The van der Waals surface area contributed by atoms with Gasteiger partial charge in [0, 0.05) is 12.6 Å². The summed E-state index contributed by atoms with van der Waals surface area (Å²) in [4.78, 5) is 12.2. The van der Waals surface area contributed by atoms with E-state index in [9.17, 15) is 18.0 Å². The Morgan fingerprint density at radius 2 is 2.00 bits per heavy atom. The van der Waals surface area contributed by atoms with Crippen molar-refractivity contribution in [1.29, 1.82) is 0 Å². The minimum absolute atomic E-state index is 0.146. The monoisotopic (exact) mass is 294 g/mol. The van der Waals surface area contributed by atoms with Crippen LogP contribution in [0.15, 0.2) is 0 Å². The number of carbonyl (C=O) groups excluding carboxylic acids is 1. The molecular formula is C14H25F3N2O. The predicted molar refractivity (Wildman–Crippen MR) is 72.3 cm³/mol. The number of carbonyl (C=O) groups is 1. The Balaban J connectivity index is 2.74. The first-order valence-electron chi connectivity index (χ1n) is 7.45. The normalized spacial score (nSPS) is 24.6. The number of alkyl halides is 3. The SMILES string of the molecule is CCCCC(CCC)NC(=O)C1(C(F)(F)F)CCNC1. The van der Waals surface area contributed by atoms with E-state index in [2.05, 4.69) is 10.6 Å². The van der Waals surface area contributed by atoms with E-state index in [4.69, 9.17) is 0 Å². The molecule has 0 aromatic rings. The van der Waals surface area contributed by atoms with Gasteiger partial charge >= 0.3 is 6.18 Å². The third kappa shape index (κ3) is 3.87. The summed E-state index contributed by atoms with van der Waals surface area (Å²) in [6.45, 7) is 3.93. The van der Waals surface area contributed by atoms with Crippen LogP contribution in [-0.4, -0.2) is 31.2 Å². The topological polar surface area (TPSA) is 41.1 Å². The molecule has 0 saturated carbocycles. The van der Waals surface area contributed by atoms with Crippen LogP contribution in [0.5, 0.6) is 0 Å². The van der Waals surface area contributed by atoms with Gasteiger partial charge in [0.05, 0.1) is 0 Å². The molecule has 0 aliphatic carbocycles. The Morgan fingerprint density at radius 1 is 1.30 bits per heavy atom. The minimum atomic E-state index is -4.50. The lowest BCUT2D eigenvalue weighted by Gasteiger charge is -2.31. The first-order chi connectivity index (χ1) is 9.37. The van der Waals surface area contributed by atoms with Gasteiger partial charge in [-0.2, -0.15) is 13.2 Å². The Kier molecular flexibility index (Phi) is 6.30. The second-order valence-corrected chi connectivity index (χ2v) is 5.61. The maximum Gasteiger partial charge on any atom is 0.404 e. The zero-order chi connectivity index (χ0) is 15.2. The molecule has 1 saturated heterocycles. The van der Waals surface area contributed by atoms with E-state index in [0.717, 1.165) is 32.1 Å². The summed E-state index contributed by atoms with van der Waals surface area (Å²) in [6, 6.07) is -0.146. The van der Waals surface area contributed by atoms with Gasteiger partial charge in [-0.05, 0) is 25.8 Å². The highest BCUT2D eigenvalue weighted by Gasteiger charge is 2.61. The number of nitrogens with one attached hydrogen (secondary N) is 2. The average Bonchev–Trinajstić information content (AvgIpc) is 2.86. The van der Waals surface area contributed by atoms with Gasteiger partial charge in [-0.25, -0.2) is 0 Å². The van der Waals surface area contributed by atoms with Gasteiger partial charge in [0.15, 0.2) is 5.41 Å². The van der Waals surface area contributed by atoms with E-state index in [1.807, 2.05) is 13.8 Å². The van der Waals surface area contributed by atoms with Crippen LogP contribution >= 0.6 is 0 Å². The molecule has 1 aliphatic heterocycles. The molecular weight excluding hydrogens is 269 g/mol. The molecule has 2 atom stereocenters. The summed E-state index contributed by atoms with van der Waals surface area (Å²) in [5.74, 6) is -0.857. The van der Waals surface area contributed by atoms with Crippen molar-refractivity contribution >= 4 is 5.91 Å². The van der Waals surface area contributed by atoms with Crippen LogP contribution in [0.3, 0.4) is 0 Å². The summed E-state index contributed by atoms with van der Waals surface area (Å²) in [6.07, 6.45) is -0.447. The molecule has 118 valence electrons. The van der Waals surface area contributed by atoms with Crippen LogP contribution in [0.2, 0.25) is 0 Å². The second kappa shape index (κ2) is 7.29. The molecule has 0 bridgehead atoms. The largest absolute Gasteiger partial charge is 0.404 e. The molecule has 2 N–H and O–H groups in total. The van der Waals surface area contributed by atoms with E-state index in [1.54, 1.807) is 0 Å². The van der Waals surface area contributed by atoms with Crippen molar-refractivity contribution in [2.75, 3.05) is 13.1 Å². The van der Waals surface area contributed by atoms with E-state index < -0.39 is 17.5 Å². The Labute approximate surface area is 118 Å². The number of hydrogen-bond donors (Lipinski definition) is 2. The second-order valence-electron chi connectivity index (χ2n) is 5.61. The highest BCUT2D eigenvalue weighted by Crippen LogP contribution is 2.43. The number of amides is 1. The van der Waals surface area contributed by atoms with Crippen LogP contribution in [0.4, 0.5) is 13.2 Å². The first-order valence-corrected chi connectivity index (χ1v) is 7.45. The molecule has 1 rings (SSSR count). The van der Waals surface area contributed by atoms with Gasteiger partial charge in [-0.3, -0.25) is 4.79 Å². The van der Waals surface area contributed by atoms with E-state index in [1.165, 1.54) is 0 Å². The molecule has 0 aromatic heterocycles. The smallest absolute Gasteiger partial charge is 0.353 e. The Hall–Kier alpha value is -0.780. The number of unbranched alkanes of at least 4 members (excludes halogenated alkanes) is 1.